The fraction of sp³-hybridized carbons (Fsp3) is 0.423. The molecule has 2 aliphatic rings. The Hall–Kier alpha value is -2.63. The molecule has 5 heteroatoms. The van der Waals surface area contributed by atoms with Gasteiger partial charge in [-0.1, -0.05) is 36.4 Å². The molecule has 0 spiro atoms. The predicted molar refractivity (Wildman–Crippen MR) is 123 cm³/mol. The molecule has 5 nitrogen and oxygen atoms in total. The minimum Gasteiger partial charge on any atom is -0.497 e. The number of hydrogen-bond donors (Lipinski definition) is 0. The Morgan fingerprint density at radius 1 is 1.00 bits per heavy atom. The summed E-state index contributed by atoms with van der Waals surface area (Å²) in [6.07, 6.45) is 3.25. The number of nitrogens with zero attached hydrogens (tertiary/aromatic N) is 3. The number of fused-ring (bicyclic) bond motifs is 2. The van der Waals surface area contributed by atoms with Crippen LogP contribution in [-0.4, -0.2) is 47.8 Å². The lowest BCUT2D eigenvalue weighted by Crippen LogP contribution is -2.35. The van der Waals surface area contributed by atoms with E-state index in [1.54, 1.807) is 7.11 Å². The summed E-state index contributed by atoms with van der Waals surface area (Å²) >= 11 is 0. The van der Waals surface area contributed by atoms with E-state index in [0.717, 1.165) is 61.7 Å². The summed E-state index contributed by atoms with van der Waals surface area (Å²) in [4.78, 5) is 7.57. The van der Waals surface area contributed by atoms with Gasteiger partial charge in [0.2, 0.25) is 0 Å². The highest BCUT2D eigenvalue weighted by atomic mass is 16.5. The van der Waals surface area contributed by atoms with Crippen LogP contribution in [0.15, 0.2) is 48.5 Å². The molecule has 1 fully saturated rings. The van der Waals surface area contributed by atoms with Crippen molar-refractivity contribution in [2.45, 2.75) is 44.9 Å². The molecule has 3 heterocycles. The lowest BCUT2D eigenvalue weighted by molar-refractivity contribution is -0.0276. The second kappa shape index (κ2) is 8.48. The minimum atomic E-state index is -0.134. The quantitative estimate of drug-likeness (QED) is 0.621. The lowest BCUT2D eigenvalue weighted by Gasteiger charge is -2.32. The molecule has 31 heavy (non-hydrogen) atoms. The third-order valence-corrected chi connectivity index (χ3v) is 6.76. The second-order valence-electron chi connectivity index (χ2n) is 8.76. The lowest BCUT2D eigenvalue weighted by atomic mass is 10.00. The number of aromatic nitrogens is 2. The van der Waals surface area contributed by atoms with Gasteiger partial charge in [-0.15, -0.1) is 0 Å². The standard InChI is InChI=1S/C26H31N3O2/c1-18-24(20-8-6-9-22(17-20)30-3)27-26-25(31-21-12-14-28(2)15-13-21)23-10-5-4-7-19(23)11-16-29(18)26/h4-10,17,21,25H,11-16H2,1-3H3. The van der Waals surface area contributed by atoms with Gasteiger partial charge < -0.3 is 18.9 Å². The number of piperidine rings is 1. The first-order chi connectivity index (χ1) is 15.1. The topological polar surface area (TPSA) is 39.5 Å². The molecule has 1 unspecified atom stereocenters. The molecule has 0 N–H and O–H groups in total. The third kappa shape index (κ3) is 3.88. The largest absolute Gasteiger partial charge is 0.497 e. The molecule has 3 aromatic rings. The zero-order valence-electron chi connectivity index (χ0n) is 18.7. The van der Waals surface area contributed by atoms with Crippen LogP contribution in [0.4, 0.5) is 0 Å². The Morgan fingerprint density at radius 3 is 2.61 bits per heavy atom. The van der Waals surface area contributed by atoms with Crippen LogP contribution in [0.3, 0.4) is 0 Å². The van der Waals surface area contributed by atoms with Gasteiger partial charge in [-0.05, 0) is 56.5 Å². The van der Waals surface area contributed by atoms with Crippen LogP contribution in [0.2, 0.25) is 0 Å². The molecule has 1 saturated heterocycles. The van der Waals surface area contributed by atoms with E-state index >= 15 is 0 Å². The van der Waals surface area contributed by atoms with Crippen molar-refractivity contribution in [2.24, 2.45) is 0 Å². The summed E-state index contributed by atoms with van der Waals surface area (Å²) in [5.41, 5.74) is 5.93. The van der Waals surface area contributed by atoms with Gasteiger partial charge >= 0.3 is 0 Å². The normalized spacial score (nSPS) is 19.5. The highest BCUT2D eigenvalue weighted by Gasteiger charge is 2.32. The van der Waals surface area contributed by atoms with Crippen molar-refractivity contribution in [2.75, 3.05) is 27.2 Å². The summed E-state index contributed by atoms with van der Waals surface area (Å²) in [7, 11) is 3.89. The van der Waals surface area contributed by atoms with Crippen LogP contribution in [-0.2, 0) is 17.7 Å². The second-order valence-corrected chi connectivity index (χ2v) is 8.76. The summed E-state index contributed by atoms with van der Waals surface area (Å²) in [6, 6.07) is 16.9. The van der Waals surface area contributed by atoms with Crippen LogP contribution < -0.4 is 4.74 Å². The van der Waals surface area contributed by atoms with E-state index in [2.05, 4.69) is 59.8 Å². The van der Waals surface area contributed by atoms with E-state index in [4.69, 9.17) is 14.5 Å². The summed E-state index contributed by atoms with van der Waals surface area (Å²) < 4.78 is 14.6. The number of ether oxygens (including phenoxy) is 2. The maximum atomic E-state index is 6.83. The van der Waals surface area contributed by atoms with Crippen molar-refractivity contribution in [3.8, 4) is 17.0 Å². The number of imidazole rings is 1. The Balaban J connectivity index is 1.57. The first-order valence-electron chi connectivity index (χ1n) is 11.3. The van der Waals surface area contributed by atoms with Gasteiger partial charge in [-0.2, -0.15) is 0 Å². The molecule has 5 rings (SSSR count). The van der Waals surface area contributed by atoms with E-state index in [0.29, 0.717) is 0 Å². The van der Waals surface area contributed by atoms with Crippen LogP contribution in [0.1, 0.15) is 41.6 Å². The number of rotatable bonds is 4. The van der Waals surface area contributed by atoms with E-state index in [1.165, 1.54) is 16.8 Å². The Labute approximate surface area is 184 Å². The average molecular weight is 418 g/mol. The average Bonchev–Trinajstić information content (AvgIpc) is 3.04. The molecular weight excluding hydrogens is 386 g/mol. The third-order valence-electron chi connectivity index (χ3n) is 6.76. The van der Waals surface area contributed by atoms with Crippen LogP contribution in [0.25, 0.3) is 11.3 Å². The molecular formula is C26H31N3O2. The van der Waals surface area contributed by atoms with Gasteiger partial charge in [-0.25, -0.2) is 4.98 Å². The van der Waals surface area contributed by atoms with E-state index in [9.17, 15) is 0 Å². The molecule has 162 valence electrons. The smallest absolute Gasteiger partial charge is 0.143 e. The van der Waals surface area contributed by atoms with Crippen molar-refractivity contribution < 1.29 is 9.47 Å². The van der Waals surface area contributed by atoms with Crippen LogP contribution in [0.5, 0.6) is 5.75 Å². The van der Waals surface area contributed by atoms with Crippen molar-refractivity contribution in [3.63, 3.8) is 0 Å². The molecule has 0 bridgehead atoms. The van der Waals surface area contributed by atoms with Crippen LogP contribution >= 0.6 is 0 Å². The predicted octanol–water partition coefficient (Wildman–Crippen LogP) is 4.62. The monoisotopic (exact) mass is 417 g/mol. The fourth-order valence-corrected chi connectivity index (χ4v) is 4.92. The van der Waals surface area contributed by atoms with Gasteiger partial charge in [-0.3, -0.25) is 0 Å². The molecule has 1 aromatic heterocycles. The van der Waals surface area contributed by atoms with E-state index < -0.39 is 0 Å². The maximum absolute atomic E-state index is 6.83. The Morgan fingerprint density at radius 2 is 1.81 bits per heavy atom. The fourth-order valence-electron chi connectivity index (χ4n) is 4.92. The first-order valence-corrected chi connectivity index (χ1v) is 11.3. The van der Waals surface area contributed by atoms with Crippen LogP contribution in [0, 0.1) is 6.92 Å². The number of hydrogen-bond acceptors (Lipinski definition) is 4. The van der Waals surface area contributed by atoms with Crippen molar-refractivity contribution >= 4 is 0 Å². The van der Waals surface area contributed by atoms with Gasteiger partial charge in [0, 0.05) is 30.9 Å². The zero-order chi connectivity index (χ0) is 21.4. The Kier molecular flexibility index (Phi) is 5.55. The summed E-state index contributed by atoms with van der Waals surface area (Å²) in [6.45, 7) is 5.26. The highest BCUT2D eigenvalue weighted by molar-refractivity contribution is 5.64. The number of aryl methyl sites for hydroxylation is 1. The van der Waals surface area contributed by atoms with Crippen molar-refractivity contribution in [1.29, 1.82) is 0 Å². The SMILES string of the molecule is COc1cccc(-c2nc3n(c2C)CCc2ccccc2C3OC2CCN(C)CC2)c1. The highest BCUT2D eigenvalue weighted by Crippen LogP contribution is 2.37. The Bertz CT molecular complexity index is 1070. The maximum Gasteiger partial charge on any atom is 0.143 e. The minimum absolute atomic E-state index is 0.134. The summed E-state index contributed by atoms with van der Waals surface area (Å²) in [5.74, 6) is 1.88. The van der Waals surface area contributed by atoms with Gasteiger partial charge in [0.25, 0.3) is 0 Å². The molecule has 0 aliphatic carbocycles. The van der Waals surface area contributed by atoms with E-state index in [-0.39, 0.29) is 12.2 Å². The van der Waals surface area contributed by atoms with Gasteiger partial charge in [0.1, 0.15) is 17.7 Å². The first kappa shape index (κ1) is 20.3. The van der Waals surface area contributed by atoms with Gasteiger partial charge in [0.05, 0.1) is 18.9 Å². The number of methoxy groups -OCH3 is 1. The summed E-state index contributed by atoms with van der Waals surface area (Å²) in [5, 5.41) is 0. The van der Waals surface area contributed by atoms with Crippen molar-refractivity contribution in [3.05, 3.63) is 71.2 Å². The van der Waals surface area contributed by atoms with E-state index in [1.807, 2.05) is 12.1 Å². The molecule has 0 amide bonds. The zero-order valence-corrected chi connectivity index (χ0v) is 18.7. The molecule has 2 aromatic carbocycles. The van der Waals surface area contributed by atoms with Crippen molar-refractivity contribution in [1.82, 2.24) is 14.5 Å². The molecule has 0 saturated carbocycles. The number of benzene rings is 2. The molecule has 0 radical (unpaired) electrons. The molecule has 2 aliphatic heterocycles. The van der Waals surface area contributed by atoms with Gasteiger partial charge in [0.15, 0.2) is 0 Å². The molecule has 1 atom stereocenters. The number of likely N-dealkylation sites (tertiary alicyclic amines) is 1.